The first-order valence-electron chi connectivity index (χ1n) is 9.30. The molecule has 0 unspecified atom stereocenters. The van der Waals surface area contributed by atoms with Gasteiger partial charge in [0.1, 0.15) is 11.9 Å². The molecule has 0 fully saturated rings. The molecular weight excluding hydrogens is 401 g/mol. The number of hydrogen-bond donors (Lipinski definition) is 0. The highest BCUT2D eigenvalue weighted by Crippen LogP contribution is 2.32. The average Bonchev–Trinajstić information content (AvgIpc) is 2.77. The van der Waals surface area contributed by atoms with Crippen molar-refractivity contribution in [3.8, 4) is 6.07 Å². The largest absolute Gasteiger partial charge is 0.462 e. The first-order chi connectivity index (χ1) is 14.6. The van der Waals surface area contributed by atoms with Crippen molar-refractivity contribution in [2.75, 3.05) is 6.61 Å². The summed E-state index contributed by atoms with van der Waals surface area (Å²) in [5.74, 6) is -1.01. The van der Waals surface area contributed by atoms with E-state index in [4.69, 9.17) is 4.74 Å². The van der Waals surface area contributed by atoms with Gasteiger partial charge in [0.05, 0.1) is 17.7 Å². The van der Waals surface area contributed by atoms with Crippen LogP contribution in [0.3, 0.4) is 0 Å². The fourth-order valence-corrected chi connectivity index (χ4v) is 3.76. The lowest BCUT2D eigenvalue weighted by Gasteiger charge is -2.10. The molecule has 4 nitrogen and oxygen atoms in total. The van der Waals surface area contributed by atoms with Gasteiger partial charge in [-0.1, -0.05) is 36.0 Å². The Morgan fingerprint density at radius 1 is 0.933 bits per heavy atom. The highest BCUT2D eigenvalue weighted by Gasteiger charge is 2.15. The fraction of sp³-hybridized carbons (Fsp3) is 0.125. The number of ketones is 1. The third kappa shape index (κ3) is 5.56. The first-order valence-corrected chi connectivity index (χ1v) is 10.1. The van der Waals surface area contributed by atoms with E-state index in [-0.39, 0.29) is 18.8 Å². The third-order valence-electron chi connectivity index (χ3n) is 4.28. The van der Waals surface area contributed by atoms with Crippen molar-refractivity contribution in [2.24, 2.45) is 0 Å². The van der Waals surface area contributed by atoms with E-state index in [0.717, 1.165) is 4.90 Å². The molecule has 3 aromatic carbocycles. The molecule has 0 N–H and O–H groups in total. The zero-order valence-electron chi connectivity index (χ0n) is 16.0. The molecule has 0 amide bonds. The van der Waals surface area contributed by atoms with Crippen LogP contribution in [0.15, 0.2) is 82.6 Å². The van der Waals surface area contributed by atoms with Gasteiger partial charge in [0.2, 0.25) is 0 Å². The molecule has 150 valence electrons. The third-order valence-corrected chi connectivity index (χ3v) is 5.43. The minimum absolute atomic E-state index is 0.0968. The molecular formula is C24H18FNO3S. The van der Waals surface area contributed by atoms with Crippen molar-refractivity contribution in [2.45, 2.75) is 22.6 Å². The minimum atomic E-state index is -0.484. The number of hydrogen-bond acceptors (Lipinski definition) is 5. The Hall–Kier alpha value is -3.43. The maximum atomic E-state index is 12.9. The average molecular weight is 419 g/mol. The Kier molecular flexibility index (Phi) is 7.36. The molecule has 0 aromatic heterocycles. The molecule has 0 saturated carbocycles. The second-order valence-electron chi connectivity index (χ2n) is 6.38. The van der Waals surface area contributed by atoms with Crippen LogP contribution in [0, 0.1) is 17.1 Å². The Morgan fingerprint density at radius 3 is 2.33 bits per heavy atom. The van der Waals surface area contributed by atoms with Crippen molar-refractivity contribution >= 4 is 23.5 Å². The standard InChI is InChI=1S/C24H18FNO3S/c25-19-13-11-17(12-14-19)21(27)8-5-15-29-24(28)20-7-2-4-10-23(20)30-22-9-3-1-6-18(22)16-26/h1-4,6-7,9-14H,5,8,15H2. The molecule has 3 aromatic rings. The van der Waals surface area contributed by atoms with E-state index in [2.05, 4.69) is 6.07 Å². The number of carbonyl (C=O) groups excluding carboxylic acids is 2. The summed E-state index contributed by atoms with van der Waals surface area (Å²) in [5.41, 5.74) is 1.37. The molecule has 0 spiro atoms. The fourth-order valence-electron chi connectivity index (χ4n) is 2.75. The topological polar surface area (TPSA) is 67.2 Å². The van der Waals surface area contributed by atoms with Crippen LogP contribution < -0.4 is 0 Å². The zero-order chi connectivity index (χ0) is 21.3. The molecule has 0 aliphatic heterocycles. The Bertz CT molecular complexity index is 1090. The molecule has 0 radical (unpaired) electrons. The highest BCUT2D eigenvalue weighted by molar-refractivity contribution is 7.99. The molecule has 0 aliphatic rings. The normalized spacial score (nSPS) is 10.3. The number of carbonyl (C=O) groups is 2. The summed E-state index contributed by atoms with van der Waals surface area (Å²) in [6, 6.07) is 21.7. The quantitative estimate of drug-likeness (QED) is 0.267. The lowest BCUT2D eigenvalue weighted by Crippen LogP contribution is -2.09. The van der Waals surface area contributed by atoms with E-state index in [1.807, 2.05) is 18.2 Å². The second kappa shape index (κ2) is 10.4. The lowest BCUT2D eigenvalue weighted by atomic mass is 10.1. The SMILES string of the molecule is N#Cc1ccccc1Sc1ccccc1C(=O)OCCCC(=O)c1ccc(F)cc1. The minimum Gasteiger partial charge on any atom is -0.462 e. The predicted molar refractivity (Wildman–Crippen MR) is 112 cm³/mol. The van der Waals surface area contributed by atoms with Gasteiger partial charge in [0, 0.05) is 21.8 Å². The van der Waals surface area contributed by atoms with E-state index < -0.39 is 11.8 Å². The van der Waals surface area contributed by atoms with Gasteiger partial charge in [-0.3, -0.25) is 4.79 Å². The van der Waals surface area contributed by atoms with Gasteiger partial charge in [-0.05, 0) is 55.0 Å². The number of Topliss-reactive ketones (excluding diaryl/α,β-unsaturated/α-hetero) is 1. The van der Waals surface area contributed by atoms with Crippen molar-refractivity contribution in [3.05, 3.63) is 95.3 Å². The van der Waals surface area contributed by atoms with E-state index in [1.54, 1.807) is 30.3 Å². The number of esters is 1. The first kappa shape index (κ1) is 21.3. The van der Waals surface area contributed by atoms with E-state index in [0.29, 0.717) is 28.0 Å². The molecule has 0 bridgehead atoms. The molecule has 30 heavy (non-hydrogen) atoms. The molecule has 0 atom stereocenters. The van der Waals surface area contributed by atoms with Gasteiger partial charge in [-0.2, -0.15) is 5.26 Å². The van der Waals surface area contributed by atoms with Crippen LogP contribution in [-0.2, 0) is 4.74 Å². The van der Waals surface area contributed by atoms with E-state index in [1.165, 1.54) is 36.0 Å². The highest BCUT2D eigenvalue weighted by atomic mass is 32.2. The molecule has 0 heterocycles. The number of halogens is 1. The smallest absolute Gasteiger partial charge is 0.339 e. The molecule has 3 rings (SSSR count). The summed E-state index contributed by atoms with van der Waals surface area (Å²) < 4.78 is 18.3. The van der Waals surface area contributed by atoms with E-state index in [9.17, 15) is 19.2 Å². The summed E-state index contributed by atoms with van der Waals surface area (Å²) in [5, 5.41) is 9.26. The summed E-state index contributed by atoms with van der Waals surface area (Å²) in [6.45, 7) is 0.0968. The molecule has 0 aliphatic carbocycles. The number of benzene rings is 3. The van der Waals surface area contributed by atoms with Gasteiger partial charge < -0.3 is 4.74 Å². The van der Waals surface area contributed by atoms with Gasteiger partial charge in [-0.25, -0.2) is 9.18 Å². The Balaban J connectivity index is 1.58. The summed E-state index contributed by atoms with van der Waals surface area (Å²) >= 11 is 1.33. The van der Waals surface area contributed by atoms with E-state index >= 15 is 0 Å². The van der Waals surface area contributed by atoms with Crippen LogP contribution in [0.5, 0.6) is 0 Å². The Labute approximate surface area is 178 Å². The van der Waals surface area contributed by atoms with Crippen LogP contribution in [-0.4, -0.2) is 18.4 Å². The Morgan fingerprint density at radius 2 is 1.60 bits per heavy atom. The number of ether oxygens (including phenoxy) is 1. The summed E-state index contributed by atoms with van der Waals surface area (Å²) in [6.07, 6.45) is 0.569. The zero-order valence-corrected chi connectivity index (χ0v) is 16.8. The van der Waals surface area contributed by atoms with Crippen LogP contribution in [0.1, 0.15) is 39.1 Å². The lowest BCUT2D eigenvalue weighted by molar-refractivity contribution is 0.0490. The van der Waals surface area contributed by atoms with Gasteiger partial charge in [-0.15, -0.1) is 0 Å². The summed E-state index contributed by atoms with van der Waals surface area (Å²) in [4.78, 5) is 26.1. The van der Waals surface area contributed by atoms with Crippen molar-refractivity contribution in [1.82, 2.24) is 0 Å². The van der Waals surface area contributed by atoms with Crippen LogP contribution in [0.4, 0.5) is 4.39 Å². The van der Waals surface area contributed by atoms with Crippen LogP contribution in [0.2, 0.25) is 0 Å². The summed E-state index contributed by atoms with van der Waals surface area (Å²) in [7, 11) is 0. The van der Waals surface area contributed by atoms with Gasteiger partial charge >= 0.3 is 5.97 Å². The van der Waals surface area contributed by atoms with Crippen molar-refractivity contribution in [3.63, 3.8) is 0 Å². The number of rotatable bonds is 8. The molecule has 0 saturated heterocycles. The second-order valence-corrected chi connectivity index (χ2v) is 7.46. The number of nitriles is 1. The maximum Gasteiger partial charge on any atom is 0.339 e. The maximum absolute atomic E-state index is 12.9. The van der Waals surface area contributed by atoms with Crippen LogP contribution >= 0.6 is 11.8 Å². The van der Waals surface area contributed by atoms with Crippen molar-refractivity contribution < 1.29 is 18.7 Å². The van der Waals surface area contributed by atoms with Crippen LogP contribution in [0.25, 0.3) is 0 Å². The molecule has 6 heteroatoms. The monoisotopic (exact) mass is 419 g/mol. The van der Waals surface area contributed by atoms with Gasteiger partial charge in [0.25, 0.3) is 0 Å². The van der Waals surface area contributed by atoms with Gasteiger partial charge in [0.15, 0.2) is 5.78 Å². The predicted octanol–water partition coefficient (Wildman–Crippen LogP) is 5.67. The number of nitrogens with zero attached hydrogens (tertiary/aromatic N) is 1. The van der Waals surface area contributed by atoms with Crippen molar-refractivity contribution in [1.29, 1.82) is 5.26 Å².